The summed E-state index contributed by atoms with van der Waals surface area (Å²) in [5.41, 5.74) is 0. The molecule has 5 heteroatoms. The zero-order valence-corrected chi connectivity index (χ0v) is 10.1. The Balaban J connectivity index is 2.12. The summed E-state index contributed by atoms with van der Waals surface area (Å²) < 4.78 is 4.90. The molecule has 1 saturated heterocycles. The number of carbonyl (C=O) groups excluding carboxylic acids is 1. The van der Waals surface area contributed by atoms with Crippen LogP contribution in [0.5, 0.6) is 0 Å². The first-order valence-corrected chi connectivity index (χ1v) is 5.80. The molecule has 1 heterocycles. The highest BCUT2D eigenvalue weighted by Crippen LogP contribution is 2.17. The number of likely N-dealkylation sites (tertiary alicyclic amines) is 1. The molecule has 0 spiro atoms. The maximum atomic E-state index is 11.7. The molecule has 0 bridgehead atoms. The summed E-state index contributed by atoms with van der Waals surface area (Å²) in [5.74, 6) is 0.413. The summed E-state index contributed by atoms with van der Waals surface area (Å²) in [4.78, 5) is 13.8. The molecule has 0 aromatic rings. The van der Waals surface area contributed by atoms with Crippen molar-refractivity contribution in [2.24, 2.45) is 5.92 Å². The number of carbonyl (C=O) groups is 1. The lowest BCUT2D eigenvalue weighted by Crippen LogP contribution is -2.57. The molecule has 1 fully saturated rings. The molecule has 0 aromatic carbocycles. The molecule has 5 nitrogen and oxygen atoms in total. The lowest BCUT2D eigenvalue weighted by atomic mass is 9.99. The third-order valence-corrected chi connectivity index (χ3v) is 3.00. The first kappa shape index (κ1) is 13.4. The molecule has 94 valence electrons. The van der Waals surface area contributed by atoms with Crippen LogP contribution < -0.4 is 5.32 Å². The SMILES string of the molecule is COCCCNC(=O)C(C)N1CC(CO)C1. The van der Waals surface area contributed by atoms with Crippen LogP contribution in [0.2, 0.25) is 0 Å². The van der Waals surface area contributed by atoms with Gasteiger partial charge < -0.3 is 15.2 Å². The minimum atomic E-state index is -0.0923. The van der Waals surface area contributed by atoms with Crippen molar-refractivity contribution in [2.45, 2.75) is 19.4 Å². The number of aliphatic hydroxyl groups is 1. The zero-order valence-electron chi connectivity index (χ0n) is 10.1. The zero-order chi connectivity index (χ0) is 12.0. The molecule has 2 N–H and O–H groups in total. The standard InChI is InChI=1S/C11H22N2O3/c1-9(13-6-10(7-13)8-14)11(15)12-4-3-5-16-2/h9-10,14H,3-8H2,1-2H3,(H,12,15). The van der Waals surface area contributed by atoms with Gasteiger partial charge in [-0.05, 0) is 13.3 Å². The monoisotopic (exact) mass is 230 g/mol. The summed E-state index contributed by atoms with van der Waals surface area (Å²) in [6.45, 7) is 5.10. The van der Waals surface area contributed by atoms with Crippen molar-refractivity contribution in [3.8, 4) is 0 Å². The highest BCUT2D eigenvalue weighted by Gasteiger charge is 2.32. The second-order valence-electron chi connectivity index (χ2n) is 4.32. The number of aliphatic hydroxyl groups excluding tert-OH is 1. The lowest BCUT2D eigenvalue weighted by Gasteiger charge is -2.41. The predicted octanol–water partition coefficient (Wildman–Crippen LogP) is -0.548. The molecule has 0 radical (unpaired) electrons. The first-order valence-electron chi connectivity index (χ1n) is 5.80. The van der Waals surface area contributed by atoms with E-state index in [1.54, 1.807) is 7.11 Å². The van der Waals surface area contributed by atoms with Crippen LogP contribution in [-0.4, -0.2) is 61.9 Å². The van der Waals surface area contributed by atoms with Gasteiger partial charge >= 0.3 is 0 Å². The Labute approximate surface area is 96.8 Å². The largest absolute Gasteiger partial charge is 0.396 e. The van der Waals surface area contributed by atoms with Crippen molar-refractivity contribution in [1.82, 2.24) is 10.2 Å². The van der Waals surface area contributed by atoms with Gasteiger partial charge in [0.15, 0.2) is 0 Å². The van der Waals surface area contributed by atoms with Crippen LogP contribution in [0.25, 0.3) is 0 Å². The van der Waals surface area contributed by atoms with Gasteiger partial charge in [-0.25, -0.2) is 0 Å². The number of nitrogens with one attached hydrogen (secondary N) is 1. The molecular formula is C11H22N2O3. The Kier molecular flexibility index (Phi) is 5.73. The van der Waals surface area contributed by atoms with Crippen molar-refractivity contribution in [3.63, 3.8) is 0 Å². The van der Waals surface area contributed by atoms with E-state index in [1.807, 2.05) is 6.92 Å². The fourth-order valence-electron chi connectivity index (χ4n) is 1.78. The normalized spacial score (nSPS) is 19.2. The quantitative estimate of drug-likeness (QED) is 0.576. The molecule has 0 aliphatic carbocycles. The van der Waals surface area contributed by atoms with E-state index in [0.717, 1.165) is 19.5 Å². The van der Waals surface area contributed by atoms with Crippen molar-refractivity contribution in [3.05, 3.63) is 0 Å². The maximum absolute atomic E-state index is 11.7. The van der Waals surface area contributed by atoms with Gasteiger partial charge in [0.2, 0.25) is 5.91 Å². The first-order chi connectivity index (χ1) is 7.69. The number of methoxy groups -OCH3 is 1. The van der Waals surface area contributed by atoms with Crippen LogP contribution in [-0.2, 0) is 9.53 Å². The van der Waals surface area contributed by atoms with Gasteiger partial charge in [-0.2, -0.15) is 0 Å². The number of hydrogen-bond donors (Lipinski definition) is 2. The Bertz CT molecular complexity index is 217. The van der Waals surface area contributed by atoms with Crippen molar-refractivity contribution < 1.29 is 14.6 Å². The summed E-state index contributed by atoms with van der Waals surface area (Å²) >= 11 is 0. The highest BCUT2D eigenvalue weighted by atomic mass is 16.5. The van der Waals surface area contributed by atoms with Crippen molar-refractivity contribution in [1.29, 1.82) is 0 Å². The second kappa shape index (κ2) is 6.83. The number of rotatable bonds is 7. The van der Waals surface area contributed by atoms with Crippen LogP contribution in [0.15, 0.2) is 0 Å². The average molecular weight is 230 g/mol. The van der Waals surface area contributed by atoms with E-state index in [9.17, 15) is 4.79 Å². The topological polar surface area (TPSA) is 61.8 Å². The minimum Gasteiger partial charge on any atom is -0.396 e. The third-order valence-electron chi connectivity index (χ3n) is 3.00. The molecule has 1 amide bonds. The predicted molar refractivity (Wildman–Crippen MR) is 61.1 cm³/mol. The van der Waals surface area contributed by atoms with Crippen LogP contribution in [0.4, 0.5) is 0 Å². The van der Waals surface area contributed by atoms with E-state index >= 15 is 0 Å². The molecule has 1 aliphatic rings. The van der Waals surface area contributed by atoms with Gasteiger partial charge in [-0.3, -0.25) is 9.69 Å². The Hall–Kier alpha value is -0.650. The van der Waals surface area contributed by atoms with Crippen LogP contribution in [0.1, 0.15) is 13.3 Å². The average Bonchev–Trinajstić information content (AvgIpc) is 2.22. The van der Waals surface area contributed by atoms with E-state index in [2.05, 4.69) is 10.2 Å². The van der Waals surface area contributed by atoms with Crippen LogP contribution in [0, 0.1) is 5.92 Å². The van der Waals surface area contributed by atoms with E-state index in [1.165, 1.54) is 0 Å². The highest BCUT2D eigenvalue weighted by molar-refractivity contribution is 5.81. The van der Waals surface area contributed by atoms with Gasteiger partial charge in [0, 0.05) is 45.9 Å². The fourth-order valence-corrected chi connectivity index (χ4v) is 1.78. The number of nitrogens with zero attached hydrogens (tertiary/aromatic N) is 1. The Morgan fingerprint density at radius 3 is 2.88 bits per heavy atom. The molecule has 1 aliphatic heterocycles. The van der Waals surface area contributed by atoms with Gasteiger partial charge in [0.05, 0.1) is 6.04 Å². The number of hydrogen-bond acceptors (Lipinski definition) is 4. The minimum absolute atomic E-state index is 0.0625. The van der Waals surface area contributed by atoms with Crippen molar-refractivity contribution in [2.75, 3.05) is 40.0 Å². The Morgan fingerprint density at radius 1 is 1.62 bits per heavy atom. The molecule has 0 aromatic heterocycles. The fraction of sp³-hybridized carbons (Fsp3) is 0.909. The summed E-state index contributed by atoms with van der Waals surface area (Å²) in [6.07, 6.45) is 0.841. The number of amides is 1. The van der Waals surface area contributed by atoms with Gasteiger partial charge in [-0.1, -0.05) is 0 Å². The molecule has 0 saturated carbocycles. The van der Waals surface area contributed by atoms with E-state index in [0.29, 0.717) is 19.1 Å². The summed E-state index contributed by atoms with van der Waals surface area (Å²) in [5, 5.41) is 11.8. The van der Waals surface area contributed by atoms with Crippen molar-refractivity contribution >= 4 is 5.91 Å². The number of ether oxygens (including phenoxy) is 1. The molecule has 1 atom stereocenters. The van der Waals surface area contributed by atoms with Crippen LogP contribution >= 0.6 is 0 Å². The summed E-state index contributed by atoms with van der Waals surface area (Å²) in [7, 11) is 1.65. The summed E-state index contributed by atoms with van der Waals surface area (Å²) in [6, 6.07) is -0.0923. The van der Waals surface area contributed by atoms with Gasteiger partial charge in [-0.15, -0.1) is 0 Å². The molecule has 16 heavy (non-hydrogen) atoms. The van der Waals surface area contributed by atoms with E-state index < -0.39 is 0 Å². The lowest BCUT2D eigenvalue weighted by molar-refractivity contribution is -0.129. The molecule has 1 rings (SSSR count). The molecular weight excluding hydrogens is 208 g/mol. The Morgan fingerprint density at radius 2 is 2.31 bits per heavy atom. The van der Waals surface area contributed by atoms with E-state index in [4.69, 9.17) is 9.84 Å². The van der Waals surface area contributed by atoms with Gasteiger partial charge in [0.1, 0.15) is 0 Å². The van der Waals surface area contributed by atoms with Crippen LogP contribution in [0.3, 0.4) is 0 Å². The second-order valence-corrected chi connectivity index (χ2v) is 4.32. The van der Waals surface area contributed by atoms with Gasteiger partial charge in [0.25, 0.3) is 0 Å². The molecule has 1 unspecified atom stereocenters. The van der Waals surface area contributed by atoms with E-state index in [-0.39, 0.29) is 18.6 Å². The smallest absolute Gasteiger partial charge is 0.237 e. The maximum Gasteiger partial charge on any atom is 0.237 e. The third kappa shape index (κ3) is 3.73.